The fourth-order valence-corrected chi connectivity index (χ4v) is 2.77. The van der Waals surface area contributed by atoms with E-state index in [2.05, 4.69) is 5.32 Å². The van der Waals surface area contributed by atoms with Gasteiger partial charge >= 0.3 is 0 Å². The molecular weight excluding hydrogens is 355 g/mol. The highest BCUT2D eigenvalue weighted by molar-refractivity contribution is 6.06. The molecule has 0 saturated heterocycles. The second kappa shape index (κ2) is 7.15. The summed E-state index contributed by atoms with van der Waals surface area (Å²) < 4.78 is 41.3. The molecule has 0 aliphatic carbocycles. The van der Waals surface area contributed by atoms with Crippen LogP contribution < -0.4 is 5.32 Å². The van der Waals surface area contributed by atoms with Gasteiger partial charge in [-0.3, -0.25) is 4.79 Å². The number of hydrogen-bond acceptors (Lipinski definition) is 2. The molecule has 3 aromatic rings. The molecule has 0 saturated carbocycles. The summed E-state index contributed by atoms with van der Waals surface area (Å²) in [5.41, 5.74) is 2.01. The Labute approximate surface area is 154 Å². The van der Waals surface area contributed by atoms with E-state index < -0.39 is 34.8 Å². The molecule has 0 atom stereocenters. The Kier molecular flexibility index (Phi) is 4.90. The van der Waals surface area contributed by atoms with Gasteiger partial charge in [-0.25, -0.2) is 13.2 Å². The zero-order chi connectivity index (χ0) is 19.7. The quantitative estimate of drug-likeness (QED) is 0.652. The number of benzene rings is 3. The number of carbonyl (C=O) groups is 1. The highest BCUT2D eigenvalue weighted by Gasteiger charge is 2.19. The van der Waals surface area contributed by atoms with Crippen molar-refractivity contribution in [1.29, 1.82) is 0 Å². The first-order valence-corrected chi connectivity index (χ1v) is 8.13. The molecule has 0 heterocycles. The summed E-state index contributed by atoms with van der Waals surface area (Å²) in [6, 6.07) is 10.9. The van der Waals surface area contributed by atoms with Crippen molar-refractivity contribution in [2.75, 3.05) is 5.32 Å². The maximum absolute atomic E-state index is 14.0. The Bertz CT molecular complexity index is 1050. The third-order valence-electron chi connectivity index (χ3n) is 4.38. The van der Waals surface area contributed by atoms with E-state index in [1.54, 1.807) is 32.0 Å². The highest BCUT2D eigenvalue weighted by Crippen LogP contribution is 2.29. The number of phenols is 1. The molecule has 0 fully saturated rings. The predicted molar refractivity (Wildman–Crippen MR) is 97.3 cm³/mol. The van der Waals surface area contributed by atoms with Crippen LogP contribution in [0.25, 0.3) is 11.1 Å². The molecule has 3 nitrogen and oxygen atoms in total. The van der Waals surface area contributed by atoms with Gasteiger partial charge in [0, 0.05) is 5.56 Å². The molecule has 0 unspecified atom stereocenters. The van der Waals surface area contributed by atoms with Gasteiger partial charge in [0.25, 0.3) is 5.91 Å². The van der Waals surface area contributed by atoms with Gasteiger partial charge < -0.3 is 10.4 Å². The molecule has 0 spiro atoms. The van der Waals surface area contributed by atoms with E-state index in [0.29, 0.717) is 16.7 Å². The normalized spacial score (nSPS) is 10.7. The molecule has 0 aliphatic rings. The van der Waals surface area contributed by atoms with Crippen LogP contribution in [0.4, 0.5) is 18.9 Å². The standard InChI is InChI=1S/C21H16F3NO2/c1-11-8-14(13-4-3-5-15(22)9-13)10-16(12(11)2)21(27)25-20-17(23)6-7-18(26)19(20)24/h3-10,26H,1-2H3,(H,25,27). The van der Waals surface area contributed by atoms with Crippen LogP contribution in [0.5, 0.6) is 5.75 Å². The van der Waals surface area contributed by atoms with Gasteiger partial charge in [0.1, 0.15) is 17.3 Å². The SMILES string of the molecule is Cc1cc(-c2cccc(F)c2)cc(C(=O)Nc2c(F)ccc(O)c2F)c1C. The van der Waals surface area contributed by atoms with E-state index in [1.165, 1.54) is 18.2 Å². The van der Waals surface area contributed by atoms with Gasteiger partial charge in [0.15, 0.2) is 11.6 Å². The van der Waals surface area contributed by atoms with Crippen molar-refractivity contribution in [3.8, 4) is 16.9 Å². The van der Waals surface area contributed by atoms with Gasteiger partial charge in [-0.2, -0.15) is 0 Å². The Morgan fingerprint density at radius 1 is 0.963 bits per heavy atom. The Balaban J connectivity index is 2.04. The van der Waals surface area contributed by atoms with Crippen molar-refractivity contribution in [1.82, 2.24) is 0 Å². The van der Waals surface area contributed by atoms with E-state index in [0.717, 1.165) is 17.7 Å². The van der Waals surface area contributed by atoms with Crippen LogP contribution in [0, 0.1) is 31.3 Å². The number of amides is 1. The number of phenolic OH excluding ortho intramolecular Hbond substituents is 1. The lowest BCUT2D eigenvalue weighted by Crippen LogP contribution is -2.16. The smallest absolute Gasteiger partial charge is 0.256 e. The molecule has 3 aromatic carbocycles. The third kappa shape index (κ3) is 3.65. The minimum atomic E-state index is -1.25. The average Bonchev–Trinajstić information content (AvgIpc) is 2.64. The molecule has 0 aromatic heterocycles. The number of aromatic hydroxyl groups is 1. The molecule has 138 valence electrons. The van der Waals surface area contributed by atoms with Crippen molar-refractivity contribution in [3.05, 3.63) is 82.7 Å². The fourth-order valence-electron chi connectivity index (χ4n) is 2.77. The minimum absolute atomic E-state index is 0.191. The van der Waals surface area contributed by atoms with Crippen LogP contribution in [0.2, 0.25) is 0 Å². The lowest BCUT2D eigenvalue weighted by atomic mass is 9.95. The molecule has 3 rings (SSSR count). The van der Waals surface area contributed by atoms with Crippen LogP contribution >= 0.6 is 0 Å². The lowest BCUT2D eigenvalue weighted by Gasteiger charge is -2.14. The van der Waals surface area contributed by atoms with Crippen molar-refractivity contribution in [2.45, 2.75) is 13.8 Å². The van der Waals surface area contributed by atoms with Crippen molar-refractivity contribution < 1.29 is 23.1 Å². The van der Waals surface area contributed by atoms with E-state index in [-0.39, 0.29) is 5.56 Å². The number of carbonyl (C=O) groups excluding carboxylic acids is 1. The molecule has 0 radical (unpaired) electrons. The van der Waals surface area contributed by atoms with Gasteiger partial charge in [-0.15, -0.1) is 0 Å². The number of anilines is 1. The largest absolute Gasteiger partial charge is 0.505 e. The van der Waals surface area contributed by atoms with Gasteiger partial charge in [-0.1, -0.05) is 18.2 Å². The third-order valence-corrected chi connectivity index (χ3v) is 4.38. The first-order valence-electron chi connectivity index (χ1n) is 8.13. The van der Waals surface area contributed by atoms with Crippen LogP contribution in [0.1, 0.15) is 21.5 Å². The molecule has 27 heavy (non-hydrogen) atoms. The maximum atomic E-state index is 14.0. The summed E-state index contributed by atoms with van der Waals surface area (Å²) in [6.45, 7) is 3.49. The van der Waals surface area contributed by atoms with Crippen molar-refractivity contribution in [2.24, 2.45) is 0 Å². The average molecular weight is 371 g/mol. The lowest BCUT2D eigenvalue weighted by molar-refractivity contribution is 0.102. The van der Waals surface area contributed by atoms with Crippen LogP contribution in [-0.4, -0.2) is 11.0 Å². The first-order chi connectivity index (χ1) is 12.8. The Hall–Kier alpha value is -3.28. The van der Waals surface area contributed by atoms with Crippen molar-refractivity contribution >= 4 is 11.6 Å². The molecule has 6 heteroatoms. The monoisotopic (exact) mass is 371 g/mol. The summed E-state index contributed by atoms with van der Waals surface area (Å²) in [5, 5.41) is 11.6. The number of hydrogen-bond donors (Lipinski definition) is 2. The zero-order valence-electron chi connectivity index (χ0n) is 14.6. The molecular formula is C21H16F3NO2. The number of rotatable bonds is 3. The second-order valence-corrected chi connectivity index (χ2v) is 6.19. The highest BCUT2D eigenvalue weighted by atomic mass is 19.1. The van der Waals surface area contributed by atoms with Crippen LogP contribution in [0.3, 0.4) is 0 Å². The Morgan fingerprint density at radius 3 is 2.41 bits per heavy atom. The summed E-state index contributed by atoms with van der Waals surface area (Å²) >= 11 is 0. The number of halogens is 3. The van der Waals surface area contributed by atoms with Gasteiger partial charge in [-0.05, 0) is 66.4 Å². The zero-order valence-corrected chi connectivity index (χ0v) is 14.6. The second-order valence-electron chi connectivity index (χ2n) is 6.19. The fraction of sp³-hybridized carbons (Fsp3) is 0.0952. The van der Waals surface area contributed by atoms with Crippen LogP contribution in [0.15, 0.2) is 48.5 Å². The topological polar surface area (TPSA) is 49.3 Å². The van der Waals surface area contributed by atoms with Gasteiger partial charge in [0.05, 0.1) is 0 Å². The van der Waals surface area contributed by atoms with E-state index in [1.807, 2.05) is 0 Å². The molecule has 0 bridgehead atoms. The number of nitrogens with one attached hydrogen (secondary N) is 1. The molecule has 2 N–H and O–H groups in total. The Morgan fingerprint density at radius 2 is 1.70 bits per heavy atom. The summed E-state index contributed by atoms with van der Waals surface area (Å²) in [7, 11) is 0. The van der Waals surface area contributed by atoms with E-state index in [4.69, 9.17) is 0 Å². The van der Waals surface area contributed by atoms with E-state index in [9.17, 15) is 23.1 Å². The summed E-state index contributed by atoms with van der Waals surface area (Å²) in [4.78, 5) is 12.7. The van der Waals surface area contributed by atoms with Crippen molar-refractivity contribution in [3.63, 3.8) is 0 Å². The molecule has 1 amide bonds. The van der Waals surface area contributed by atoms with Crippen LogP contribution in [-0.2, 0) is 0 Å². The summed E-state index contributed by atoms with van der Waals surface area (Å²) in [5.74, 6) is -4.18. The molecule has 0 aliphatic heterocycles. The van der Waals surface area contributed by atoms with Gasteiger partial charge in [0.2, 0.25) is 0 Å². The maximum Gasteiger partial charge on any atom is 0.256 e. The predicted octanol–water partition coefficient (Wildman–Crippen LogP) is 5.35. The number of aryl methyl sites for hydroxylation is 1. The first kappa shape index (κ1) is 18.5. The minimum Gasteiger partial charge on any atom is -0.505 e. The van der Waals surface area contributed by atoms with E-state index >= 15 is 0 Å². The summed E-state index contributed by atoms with van der Waals surface area (Å²) in [6.07, 6.45) is 0.